The number of rotatable bonds is 4. The molecule has 0 saturated carbocycles. The number of benzene rings is 1. The fourth-order valence-electron chi connectivity index (χ4n) is 3.61. The molecule has 1 saturated heterocycles. The molecule has 0 N–H and O–H groups in total. The van der Waals surface area contributed by atoms with Gasteiger partial charge in [0, 0.05) is 24.5 Å². The largest absolute Gasteiger partial charge is 0.497 e. The lowest BCUT2D eigenvalue weighted by Crippen LogP contribution is -2.34. The van der Waals surface area contributed by atoms with E-state index in [4.69, 9.17) is 9.72 Å². The zero-order valence-electron chi connectivity index (χ0n) is 14.8. The number of nitrogens with zero attached hydrogens (tertiary/aromatic N) is 3. The lowest BCUT2D eigenvalue weighted by atomic mass is 9.98. The van der Waals surface area contributed by atoms with Crippen molar-refractivity contribution in [2.45, 2.75) is 19.4 Å². The van der Waals surface area contributed by atoms with E-state index in [1.54, 1.807) is 18.4 Å². The smallest absolute Gasteiger partial charge is 0.121 e. The van der Waals surface area contributed by atoms with Gasteiger partial charge in [-0.3, -0.25) is 4.90 Å². The highest BCUT2D eigenvalue weighted by atomic mass is 32.1. The molecule has 2 aromatic heterocycles. The highest BCUT2D eigenvalue weighted by Crippen LogP contribution is 2.32. The first-order chi connectivity index (χ1) is 12.8. The minimum absolute atomic E-state index is 0.145. The van der Waals surface area contributed by atoms with Crippen molar-refractivity contribution >= 4 is 22.2 Å². The highest BCUT2D eigenvalue weighted by Gasteiger charge is 2.21. The summed E-state index contributed by atoms with van der Waals surface area (Å²) in [6, 6.07) is 14.9. The zero-order chi connectivity index (χ0) is 17.9. The number of piperidine rings is 1. The van der Waals surface area contributed by atoms with Crippen LogP contribution < -0.4 is 4.74 Å². The Hall–Kier alpha value is -2.42. The number of aromatic nitrogens is 1. The Morgan fingerprint density at radius 1 is 1.35 bits per heavy atom. The van der Waals surface area contributed by atoms with Crippen molar-refractivity contribution < 1.29 is 4.74 Å². The minimum Gasteiger partial charge on any atom is -0.497 e. The van der Waals surface area contributed by atoms with E-state index >= 15 is 0 Å². The molecule has 0 unspecified atom stereocenters. The number of ether oxygens (including phenoxy) is 1. The van der Waals surface area contributed by atoms with E-state index in [9.17, 15) is 5.26 Å². The molecule has 5 heteroatoms. The van der Waals surface area contributed by atoms with Crippen molar-refractivity contribution in [2.75, 3.05) is 20.2 Å². The first-order valence-electron chi connectivity index (χ1n) is 8.90. The summed E-state index contributed by atoms with van der Waals surface area (Å²) in [5, 5.41) is 12.5. The molecule has 26 heavy (non-hydrogen) atoms. The number of likely N-dealkylation sites (tertiary alicyclic amines) is 1. The monoisotopic (exact) mass is 363 g/mol. The Bertz CT molecular complexity index is 946. The molecule has 0 bridgehead atoms. The molecule has 0 radical (unpaired) electrons. The third kappa shape index (κ3) is 3.44. The van der Waals surface area contributed by atoms with Crippen molar-refractivity contribution in [3.63, 3.8) is 0 Å². The van der Waals surface area contributed by atoms with Crippen LogP contribution in [-0.4, -0.2) is 30.1 Å². The van der Waals surface area contributed by atoms with Crippen LogP contribution in [0.3, 0.4) is 0 Å². The molecule has 0 spiro atoms. The Labute approximate surface area is 157 Å². The molecule has 1 aromatic carbocycles. The van der Waals surface area contributed by atoms with E-state index in [0.717, 1.165) is 54.8 Å². The molecule has 3 aromatic rings. The van der Waals surface area contributed by atoms with Crippen molar-refractivity contribution in [2.24, 2.45) is 5.92 Å². The summed E-state index contributed by atoms with van der Waals surface area (Å²) in [6.07, 6.45) is 2.10. The number of hydrogen-bond donors (Lipinski definition) is 0. The van der Waals surface area contributed by atoms with Gasteiger partial charge < -0.3 is 4.74 Å². The van der Waals surface area contributed by atoms with E-state index < -0.39 is 0 Å². The van der Waals surface area contributed by atoms with Crippen molar-refractivity contribution in [1.29, 1.82) is 5.26 Å². The molecule has 3 heterocycles. The summed E-state index contributed by atoms with van der Waals surface area (Å²) in [4.78, 5) is 8.54. The summed E-state index contributed by atoms with van der Waals surface area (Å²) in [6.45, 7) is 2.73. The Kier molecular flexibility index (Phi) is 4.87. The van der Waals surface area contributed by atoms with Gasteiger partial charge in [-0.05, 0) is 54.6 Å². The second kappa shape index (κ2) is 7.45. The van der Waals surface area contributed by atoms with Gasteiger partial charge in [-0.1, -0.05) is 6.07 Å². The normalized spacial score (nSPS) is 17.9. The molecule has 1 aliphatic rings. The lowest BCUT2D eigenvalue weighted by molar-refractivity contribution is 0.192. The molecule has 4 nitrogen and oxygen atoms in total. The third-order valence-electron chi connectivity index (χ3n) is 4.94. The van der Waals surface area contributed by atoms with E-state index in [1.807, 2.05) is 12.1 Å². The number of pyridine rings is 1. The summed E-state index contributed by atoms with van der Waals surface area (Å²) in [7, 11) is 1.68. The second-order valence-electron chi connectivity index (χ2n) is 6.74. The maximum Gasteiger partial charge on any atom is 0.121 e. The molecule has 4 rings (SSSR count). The van der Waals surface area contributed by atoms with Gasteiger partial charge in [-0.25, -0.2) is 4.98 Å². The van der Waals surface area contributed by atoms with Gasteiger partial charge in [0.25, 0.3) is 0 Å². The lowest BCUT2D eigenvalue weighted by Gasteiger charge is -2.30. The minimum atomic E-state index is 0.145. The number of nitriles is 1. The maximum absolute atomic E-state index is 9.27. The summed E-state index contributed by atoms with van der Waals surface area (Å²) < 4.78 is 5.35. The number of methoxy groups -OCH3 is 1. The number of fused-ring (bicyclic) bond motifs is 1. The molecule has 132 valence electrons. The molecule has 0 aliphatic carbocycles. The Balaban J connectivity index is 1.74. The van der Waals surface area contributed by atoms with Crippen LogP contribution in [0.1, 0.15) is 18.4 Å². The fourth-order valence-corrected chi connectivity index (χ4v) is 4.36. The van der Waals surface area contributed by atoms with Gasteiger partial charge >= 0.3 is 0 Å². The second-order valence-corrected chi connectivity index (χ2v) is 7.68. The summed E-state index contributed by atoms with van der Waals surface area (Å²) >= 11 is 1.71. The van der Waals surface area contributed by atoms with Crippen LogP contribution in [0.2, 0.25) is 0 Å². The Morgan fingerprint density at radius 3 is 3.04 bits per heavy atom. The van der Waals surface area contributed by atoms with Crippen LogP contribution in [0.15, 0.2) is 41.8 Å². The van der Waals surface area contributed by atoms with E-state index in [0.29, 0.717) is 0 Å². The van der Waals surface area contributed by atoms with Gasteiger partial charge in [0.15, 0.2) is 0 Å². The van der Waals surface area contributed by atoms with Gasteiger partial charge in [-0.15, -0.1) is 11.3 Å². The maximum atomic E-state index is 9.27. The summed E-state index contributed by atoms with van der Waals surface area (Å²) in [5.74, 6) is 0.967. The fraction of sp³-hybridized carbons (Fsp3) is 0.333. The van der Waals surface area contributed by atoms with Crippen molar-refractivity contribution in [3.8, 4) is 22.4 Å². The van der Waals surface area contributed by atoms with Crippen molar-refractivity contribution in [3.05, 3.63) is 47.3 Å². The van der Waals surface area contributed by atoms with Crippen LogP contribution in [-0.2, 0) is 6.54 Å². The highest BCUT2D eigenvalue weighted by molar-refractivity contribution is 7.13. The molecule has 1 aliphatic heterocycles. The average Bonchev–Trinajstić information content (AvgIpc) is 3.22. The molecular formula is C21H21N3OS. The van der Waals surface area contributed by atoms with Gasteiger partial charge in [-0.2, -0.15) is 5.26 Å². The van der Waals surface area contributed by atoms with Crippen molar-refractivity contribution in [1.82, 2.24) is 9.88 Å². The molecule has 1 atom stereocenters. The zero-order valence-corrected chi connectivity index (χ0v) is 15.6. The topological polar surface area (TPSA) is 49.1 Å². The number of thiophene rings is 1. The van der Waals surface area contributed by atoms with E-state index in [-0.39, 0.29) is 5.92 Å². The molecule has 1 fully saturated rings. The van der Waals surface area contributed by atoms with Crippen LogP contribution >= 0.6 is 11.3 Å². The van der Waals surface area contributed by atoms with E-state index in [1.165, 1.54) is 10.4 Å². The SMILES string of the molecule is COc1ccc2cc(CN3CCC[C@@H](C#N)C3)c(-c3cccs3)nc2c1. The standard InChI is InChI=1S/C21H21N3OS/c1-25-18-7-6-16-10-17(14-24-8-2-4-15(12-22)13-24)21(23-19(16)11-18)20-5-3-9-26-20/h3,5-7,9-11,15H,2,4,8,13-14H2,1H3/t15-/m0/s1. The van der Waals surface area contributed by atoms with E-state index in [2.05, 4.69) is 40.6 Å². The predicted octanol–water partition coefficient (Wildman–Crippen LogP) is 4.71. The number of hydrogen-bond acceptors (Lipinski definition) is 5. The van der Waals surface area contributed by atoms with Crippen LogP contribution in [0.4, 0.5) is 0 Å². The quantitative estimate of drug-likeness (QED) is 0.674. The van der Waals surface area contributed by atoms with Crippen LogP contribution in [0.25, 0.3) is 21.5 Å². The van der Waals surface area contributed by atoms with Gasteiger partial charge in [0.2, 0.25) is 0 Å². The van der Waals surface area contributed by atoms with Gasteiger partial charge in [0.1, 0.15) is 5.75 Å². The van der Waals surface area contributed by atoms with Gasteiger partial charge in [0.05, 0.1) is 35.2 Å². The van der Waals surface area contributed by atoms with Crippen LogP contribution in [0, 0.1) is 17.2 Å². The Morgan fingerprint density at radius 2 is 2.27 bits per heavy atom. The average molecular weight is 363 g/mol. The summed E-state index contributed by atoms with van der Waals surface area (Å²) in [5.41, 5.74) is 3.22. The first-order valence-corrected chi connectivity index (χ1v) is 9.78. The predicted molar refractivity (Wildman–Crippen MR) is 105 cm³/mol. The first kappa shape index (κ1) is 17.0. The third-order valence-corrected chi connectivity index (χ3v) is 5.82. The molecule has 0 amide bonds. The van der Waals surface area contributed by atoms with Crippen LogP contribution in [0.5, 0.6) is 5.75 Å². The molecular weight excluding hydrogens is 342 g/mol.